The van der Waals surface area contributed by atoms with Crippen LogP contribution in [0.3, 0.4) is 0 Å². The summed E-state index contributed by atoms with van der Waals surface area (Å²) in [5.74, 6) is 0. The van der Waals surface area contributed by atoms with Crippen LogP contribution in [-0.4, -0.2) is 37.1 Å². The molecule has 1 saturated carbocycles. The van der Waals surface area contributed by atoms with E-state index >= 15 is 0 Å². The maximum absolute atomic E-state index is 3.53. The smallest absolute Gasteiger partial charge is 0.00966 e. The van der Waals surface area contributed by atoms with Crippen molar-refractivity contribution in [3.05, 3.63) is 0 Å². The van der Waals surface area contributed by atoms with Crippen molar-refractivity contribution < 1.29 is 0 Å². The van der Waals surface area contributed by atoms with Gasteiger partial charge < -0.3 is 5.32 Å². The molecule has 1 heterocycles. The van der Waals surface area contributed by atoms with Gasteiger partial charge in [0.1, 0.15) is 0 Å². The highest BCUT2D eigenvalue weighted by atomic mass is 15.2. The number of hydrogen-bond acceptors (Lipinski definition) is 2. The Hall–Kier alpha value is -0.0800. The van der Waals surface area contributed by atoms with Crippen LogP contribution in [0.2, 0.25) is 0 Å². The van der Waals surface area contributed by atoms with Crippen molar-refractivity contribution >= 4 is 0 Å². The van der Waals surface area contributed by atoms with Crippen LogP contribution in [0.5, 0.6) is 0 Å². The quantitative estimate of drug-likeness (QED) is 0.733. The molecular weight excluding hydrogens is 208 g/mol. The lowest BCUT2D eigenvalue weighted by Gasteiger charge is -2.41. The molecule has 0 atom stereocenters. The molecule has 1 aliphatic heterocycles. The van der Waals surface area contributed by atoms with Gasteiger partial charge in [0.2, 0.25) is 0 Å². The Morgan fingerprint density at radius 1 is 1.12 bits per heavy atom. The first-order chi connectivity index (χ1) is 8.29. The number of nitrogens with one attached hydrogen (secondary N) is 1. The van der Waals surface area contributed by atoms with Crippen molar-refractivity contribution in [3.8, 4) is 0 Å². The predicted molar refractivity (Wildman–Crippen MR) is 74.3 cm³/mol. The van der Waals surface area contributed by atoms with E-state index in [1.54, 1.807) is 0 Å². The fourth-order valence-electron chi connectivity index (χ4n) is 3.52. The summed E-state index contributed by atoms with van der Waals surface area (Å²) in [4.78, 5) is 2.81. The van der Waals surface area contributed by atoms with Crippen LogP contribution in [0.25, 0.3) is 0 Å². The van der Waals surface area contributed by atoms with E-state index in [1.165, 1.54) is 71.1 Å². The fourth-order valence-corrected chi connectivity index (χ4v) is 3.52. The summed E-state index contributed by atoms with van der Waals surface area (Å²) in [5.41, 5.74) is 0.637. The highest BCUT2D eigenvalue weighted by Crippen LogP contribution is 2.38. The Morgan fingerprint density at radius 3 is 2.35 bits per heavy atom. The zero-order chi connectivity index (χ0) is 12.1. The molecule has 2 rings (SSSR count). The predicted octanol–water partition coefficient (Wildman–Crippen LogP) is 3.03. The second-order valence-corrected chi connectivity index (χ2v) is 6.20. The molecule has 0 radical (unpaired) electrons. The first kappa shape index (κ1) is 13.4. The van der Waals surface area contributed by atoms with Crippen LogP contribution in [0.1, 0.15) is 58.8 Å². The minimum Gasteiger partial charge on any atom is -0.317 e. The molecule has 100 valence electrons. The van der Waals surface area contributed by atoms with Gasteiger partial charge in [-0.3, -0.25) is 4.90 Å². The Kier molecular flexibility index (Phi) is 4.87. The zero-order valence-electron chi connectivity index (χ0n) is 11.8. The van der Waals surface area contributed by atoms with Gasteiger partial charge in [0.25, 0.3) is 0 Å². The minimum absolute atomic E-state index is 0.637. The summed E-state index contributed by atoms with van der Waals surface area (Å²) >= 11 is 0. The molecule has 2 aliphatic rings. The van der Waals surface area contributed by atoms with Crippen molar-refractivity contribution in [2.75, 3.05) is 26.2 Å². The maximum atomic E-state index is 3.53. The molecule has 0 unspecified atom stereocenters. The summed E-state index contributed by atoms with van der Waals surface area (Å²) in [6.07, 6.45) is 9.81. The van der Waals surface area contributed by atoms with E-state index in [0.717, 1.165) is 6.04 Å². The fraction of sp³-hybridized carbons (Fsp3) is 1.00. The number of hydrogen-bond donors (Lipinski definition) is 1. The van der Waals surface area contributed by atoms with E-state index in [4.69, 9.17) is 0 Å². The molecule has 0 aromatic heterocycles. The zero-order valence-corrected chi connectivity index (χ0v) is 11.8. The van der Waals surface area contributed by atoms with Gasteiger partial charge in [-0.05, 0) is 63.6 Å². The average molecular weight is 238 g/mol. The first-order valence-electron chi connectivity index (χ1n) is 7.74. The third-order valence-corrected chi connectivity index (χ3v) is 4.56. The van der Waals surface area contributed by atoms with E-state index in [-0.39, 0.29) is 0 Å². The van der Waals surface area contributed by atoms with Crippen LogP contribution in [0.4, 0.5) is 0 Å². The summed E-state index contributed by atoms with van der Waals surface area (Å²) < 4.78 is 0. The largest absolute Gasteiger partial charge is 0.317 e. The van der Waals surface area contributed by atoms with Crippen molar-refractivity contribution in [3.63, 3.8) is 0 Å². The van der Waals surface area contributed by atoms with Crippen molar-refractivity contribution in [2.24, 2.45) is 5.41 Å². The molecule has 1 aliphatic carbocycles. The number of piperidine rings is 1. The molecule has 0 bridgehead atoms. The standard InChI is InChI=1S/C15H30N2/c1-3-7-15(8-10-16-11-9-15)13-17(12-4-2)14-5-6-14/h14,16H,3-13H2,1-2H3. The van der Waals surface area contributed by atoms with Crippen LogP contribution < -0.4 is 5.32 Å². The van der Waals surface area contributed by atoms with Gasteiger partial charge in [0, 0.05) is 12.6 Å². The van der Waals surface area contributed by atoms with Gasteiger partial charge in [-0.1, -0.05) is 20.3 Å². The van der Waals surface area contributed by atoms with Crippen molar-refractivity contribution in [2.45, 2.75) is 64.8 Å². The van der Waals surface area contributed by atoms with Gasteiger partial charge in [0.15, 0.2) is 0 Å². The summed E-state index contributed by atoms with van der Waals surface area (Å²) in [6.45, 7) is 9.86. The van der Waals surface area contributed by atoms with Crippen molar-refractivity contribution in [1.82, 2.24) is 10.2 Å². The summed E-state index contributed by atoms with van der Waals surface area (Å²) in [7, 11) is 0. The van der Waals surface area contributed by atoms with E-state index < -0.39 is 0 Å². The van der Waals surface area contributed by atoms with E-state index in [0.29, 0.717) is 5.41 Å². The van der Waals surface area contributed by atoms with Crippen LogP contribution in [0, 0.1) is 5.41 Å². The molecule has 0 aromatic rings. The highest BCUT2D eigenvalue weighted by Gasteiger charge is 2.37. The topological polar surface area (TPSA) is 15.3 Å². The first-order valence-corrected chi connectivity index (χ1v) is 7.74. The number of nitrogens with zero attached hydrogens (tertiary/aromatic N) is 1. The molecule has 1 saturated heterocycles. The Morgan fingerprint density at radius 2 is 1.82 bits per heavy atom. The third-order valence-electron chi connectivity index (χ3n) is 4.56. The Bertz CT molecular complexity index is 211. The molecule has 1 N–H and O–H groups in total. The Labute approximate surface area is 107 Å². The molecule has 2 fully saturated rings. The second-order valence-electron chi connectivity index (χ2n) is 6.20. The van der Waals surface area contributed by atoms with E-state index in [9.17, 15) is 0 Å². The van der Waals surface area contributed by atoms with Gasteiger partial charge in [-0.2, -0.15) is 0 Å². The summed E-state index contributed by atoms with van der Waals surface area (Å²) in [6, 6.07) is 0.943. The Balaban J connectivity index is 1.94. The lowest BCUT2D eigenvalue weighted by atomic mass is 9.75. The number of rotatable bonds is 7. The van der Waals surface area contributed by atoms with Gasteiger partial charge in [0.05, 0.1) is 0 Å². The van der Waals surface area contributed by atoms with Gasteiger partial charge >= 0.3 is 0 Å². The average Bonchev–Trinajstić information content (AvgIpc) is 3.14. The lowest BCUT2D eigenvalue weighted by molar-refractivity contribution is 0.0956. The van der Waals surface area contributed by atoms with Crippen LogP contribution >= 0.6 is 0 Å². The van der Waals surface area contributed by atoms with E-state index in [2.05, 4.69) is 24.1 Å². The van der Waals surface area contributed by atoms with Gasteiger partial charge in [-0.25, -0.2) is 0 Å². The van der Waals surface area contributed by atoms with Crippen molar-refractivity contribution in [1.29, 1.82) is 0 Å². The normalized spacial score (nSPS) is 24.2. The molecule has 0 spiro atoms. The minimum atomic E-state index is 0.637. The van der Waals surface area contributed by atoms with Crippen LogP contribution in [-0.2, 0) is 0 Å². The third kappa shape index (κ3) is 3.69. The molecule has 0 aromatic carbocycles. The second kappa shape index (κ2) is 6.19. The molecular formula is C15H30N2. The molecule has 0 amide bonds. The monoisotopic (exact) mass is 238 g/mol. The maximum Gasteiger partial charge on any atom is 0.00966 e. The molecule has 2 nitrogen and oxygen atoms in total. The molecule has 2 heteroatoms. The molecule has 17 heavy (non-hydrogen) atoms. The summed E-state index contributed by atoms with van der Waals surface area (Å²) in [5, 5.41) is 3.53. The van der Waals surface area contributed by atoms with E-state index in [1.807, 2.05) is 0 Å². The SMILES string of the molecule is CCCN(CC1(CCC)CCNCC1)C1CC1. The van der Waals surface area contributed by atoms with Gasteiger partial charge in [-0.15, -0.1) is 0 Å². The van der Waals surface area contributed by atoms with Crippen LogP contribution in [0.15, 0.2) is 0 Å². The highest BCUT2D eigenvalue weighted by molar-refractivity contribution is 4.92. The lowest BCUT2D eigenvalue weighted by Crippen LogP contribution is -2.45.